The standard InChI is InChI=1S/C22H24N2O2/c1-16(2)20(24-21(25)19-14-8-7-10-17(19)3)22(26)23-15-9-13-18-11-5-4-6-12-18/h4-8,10-12,14,16,20H,15H2,1-3H3,(H,23,26)(H,24,25). The summed E-state index contributed by atoms with van der Waals surface area (Å²) in [6.07, 6.45) is 0. The van der Waals surface area contributed by atoms with Crippen LogP contribution in [0.5, 0.6) is 0 Å². The molecule has 1 atom stereocenters. The lowest BCUT2D eigenvalue weighted by Crippen LogP contribution is -2.49. The normalized spacial score (nSPS) is 11.2. The monoisotopic (exact) mass is 348 g/mol. The molecule has 2 aromatic rings. The van der Waals surface area contributed by atoms with Gasteiger partial charge in [-0.25, -0.2) is 0 Å². The van der Waals surface area contributed by atoms with Gasteiger partial charge in [0, 0.05) is 11.1 Å². The fraction of sp³-hybridized carbons (Fsp3) is 0.273. The minimum atomic E-state index is -0.611. The van der Waals surface area contributed by atoms with E-state index in [1.165, 1.54) is 0 Å². The van der Waals surface area contributed by atoms with Crippen molar-refractivity contribution >= 4 is 11.8 Å². The van der Waals surface area contributed by atoms with Crippen LogP contribution in [0.15, 0.2) is 54.6 Å². The molecule has 1 unspecified atom stereocenters. The van der Waals surface area contributed by atoms with Gasteiger partial charge in [-0.05, 0) is 36.6 Å². The molecule has 2 aromatic carbocycles. The fourth-order valence-electron chi connectivity index (χ4n) is 2.49. The summed E-state index contributed by atoms with van der Waals surface area (Å²) in [6.45, 7) is 5.91. The van der Waals surface area contributed by atoms with Gasteiger partial charge in [0.1, 0.15) is 6.04 Å². The summed E-state index contributed by atoms with van der Waals surface area (Å²) in [4.78, 5) is 24.9. The highest BCUT2D eigenvalue weighted by Gasteiger charge is 2.24. The average Bonchev–Trinajstić information content (AvgIpc) is 2.64. The third kappa shape index (κ3) is 5.49. The predicted molar refractivity (Wildman–Crippen MR) is 104 cm³/mol. The lowest BCUT2D eigenvalue weighted by Gasteiger charge is -2.21. The maximum atomic E-state index is 12.5. The Bertz CT molecular complexity index is 817. The van der Waals surface area contributed by atoms with Crippen LogP contribution in [0.4, 0.5) is 0 Å². The zero-order valence-corrected chi connectivity index (χ0v) is 15.4. The Labute approximate surface area is 155 Å². The molecule has 0 aliphatic heterocycles. The van der Waals surface area contributed by atoms with E-state index in [2.05, 4.69) is 22.5 Å². The van der Waals surface area contributed by atoms with Gasteiger partial charge in [-0.2, -0.15) is 0 Å². The van der Waals surface area contributed by atoms with Crippen molar-refractivity contribution in [2.75, 3.05) is 6.54 Å². The summed E-state index contributed by atoms with van der Waals surface area (Å²) < 4.78 is 0. The number of hydrogen-bond acceptors (Lipinski definition) is 2. The van der Waals surface area contributed by atoms with E-state index in [4.69, 9.17) is 0 Å². The first-order valence-corrected chi connectivity index (χ1v) is 8.67. The molecular formula is C22H24N2O2. The van der Waals surface area contributed by atoms with Gasteiger partial charge >= 0.3 is 0 Å². The number of carbonyl (C=O) groups is 2. The third-order valence-corrected chi connectivity index (χ3v) is 3.98. The number of nitrogens with one attached hydrogen (secondary N) is 2. The maximum Gasteiger partial charge on any atom is 0.252 e. The Morgan fingerprint density at radius 2 is 1.65 bits per heavy atom. The van der Waals surface area contributed by atoms with E-state index >= 15 is 0 Å². The summed E-state index contributed by atoms with van der Waals surface area (Å²) >= 11 is 0. The van der Waals surface area contributed by atoms with Crippen LogP contribution in [-0.2, 0) is 4.79 Å². The molecule has 0 spiro atoms. The Morgan fingerprint density at radius 3 is 2.31 bits per heavy atom. The van der Waals surface area contributed by atoms with E-state index in [9.17, 15) is 9.59 Å². The number of benzene rings is 2. The van der Waals surface area contributed by atoms with Gasteiger partial charge in [-0.3, -0.25) is 9.59 Å². The SMILES string of the molecule is Cc1ccccc1C(=O)NC(C(=O)NCC#Cc1ccccc1)C(C)C. The molecule has 134 valence electrons. The van der Waals surface area contributed by atoms with Crippen molar-refractivity contribution in [1.82, 2.24) is 10.6 Å². The summed E-state index contributed by atoms with van der Waals surface area (Å²) in [5, 5.41) is 5.61. The highest BCUT2D eigenvalue weighted by Crippen LogP contribution is 2.09. The molecule has 0 aliphatic carbocycles. The van der Waals surface area contributed by atoms with Crippen LogP contribution in [0, 0.1) is 24.7 Å². The molecule has 0 aromatic heterocycles. The van der Waals surface area contributed by atoms with Crippen LogP contribution < -0.4 is 10.6 Å². The lowest BCUT2D eigenvalue weighted by atomic mass is 10.0. The topological polar surface area (TPSA) is 58.2 Å². The second kappa shape index (κ2) is 9.43. The zero-order valence-electron chi connectivity index (χ0n) is 15.4. The highest BCUT2D eigenvalue weighted by atomic mass is 16.2. The minimum absolute atomic E-state index is 0.0370. The van der Waals surface area contributed by atoms with Gasteiger partial charge in [0.05, 0.1) is 6.54 Å². The summed E-state index contributed by atoms with van der Waals surface area (Å²) in [7, 11) is 0. The van der Waals surface area contributed by atoms with Crippen LogP contribution in [0.2, 0.25) is 0 Å². The predicted octanol–water partition coefficient (Wildman–Crippen LogP) is 2.92. The molecule has 2 rings (SSSR count). The molecule has 0 saturated heterocycles. The van der Waals surface area contributed by atoms with Crippen LogP contribution in [-0.4, -0.2) is 24.4 Å². The Kier molecular flexibility index (Phi) is 6.99. The molecule has 0 heterocycles. The smallest absolute Gasteiger partial charge is 0.252 e. The molecule has 4 nitrogen and oxygen atoms in total. The molecule has 4 heteroatoms. The molecular weight excluding hydrogens is 324 g/mol. The second-order valence-electron chi connectivity index (χ2n) is 6.40. The van der Waals surface area contributed by atoms with Crippen LogP contribution in [0.1, 0.15) is 35.3 Å². The van der Waals surface area contributed by atoms with Crippen molar-refractivity contribution in [3.8, 4) is 11.8 Å². The molecule has 2 N–H and O–H groups in total. The molecule has 0 fully saturated rings. The van der Waals surface area contributed by atoms with Gasteiger partial charge in [-0.15, -0.1) is 0 Å². The van der Waals surface area contributed by atoms with E-state index < -0.39 is 6.04 Å². The van der Waals surface area contributed by atoms with E-state index in [1.54, 1.807) is 6.07 Å². The first-order valence-electron chi connectivity index (χ1n) is 8.67. The van der Waals surface area contributed by atoms with Crippen molar-refractivity contribution in [3.05, 3.63) is 71.3 Å². The van der Waals surface area contributed by atoms with Crippen molar-refractivity contribution in [1.29, 1.82) is 0 Å². The van der Waals surface area contributed by atoms with Gasteiger partial charge in [0.25, 0.3) is 5.91 Å². The third-order valence-electron chi connectivity index (χ3n) is 3.98. The van der Waals surface area contributed by atoms with E-state index in [1.807, 2.05) is 69.3 Å². The van der Waals surface area contributed by atoms with Crippen molar-refractivity contribution in [2.45, 2.75) is 26.8 Å². The maximum absolute atomic E-state index is 12.5. The molecule has 0 bridgehead atoms. The molecule has 0 radical (unpaired) electrons. The average molecular weight is 348 g/mol. The lowest BCUT2D eigenvalue weighted by molar-refractivity contribution is -0.123. The molecule has 0 saturated carbocycles. The number of rotatable bonds is 5. The van der Waals surface area contributed by atoms with Gasteiger partial charge in [-0.1, -0.05) is 62.1 Å². The Balaban J connectivity index is 1.96. The van der Waals surface area contributed by atoms with Gasteiger partial charge in [0.2, 0.25) is 5.91 Å². The van der Waals surface area contributed by atoms with Crippen LogP contribution in [0.3, 0.4) is 0 Å². The van der Waals surface area contributed by atoms with E-state index in [-0.39, 0.29) is 24.3 Å². The largest absolute Gasteiger partial charge is 0.343 e. The van der Waals surface area contributed by atoms with Crippen LogP contribution in [0.25, 0.3) is 0 Å². The first-order chi connectivity index (χ1) is 12.5. The van der Waals surface area contributed by atoms with Gasteiger partial charge < -0.3 is 10.6 Å². The second-order valence-corrected chi connectivity index (χ2v) is 6.40. The molecule has 0 aliphatic rings. The van der Waals surface area contributed by atoms with Crippen molar-refractivity contribution < 1.29 is 9.59 Å². The summed E-state index contributed by atoms with van der Waals surface area (Å²) in [5.74, 6) is 5.40. The fourth-order valence-corrected chi connectivity index (χ4v) is 2.49. The zero-order chi connectivity index (χ0) is 18.9. The van der Waals surface area contributed by atoms with Crippen LogP contribution >= 0.6 is 0 Å². The summed E-state index contributed by atoms with van der Waals surface area (Å²) in [6, 6.07) is 16.3. The quantitative estimate of drug-likeness (QED) is 0.816. The number of aryl methyl sites for hydroxylation is 1. The van der Waals surface area contributed by atoms with E-state index in [0.29, 0.717) is 5.56 Å². The minimum Gasteiger partial charge on any atom is -0.343 e. The summed E-state index contributed by atoms with van der Waals surface area (Å²) in [5.41, 5.74) is 2.35. The van der Waals surface area contributed by atoms with Crippen molar-refractivity contribution in [3.63, 3.8) is 0 Å². The van der Waals surface area contributed by atoms with E-state index in [0.717, 1.165) is 11.1 Å². The van der Waals surface area contributed by atoms with Crippen molar-refractivity contribution in [2.24, 2.45) is 5.92 Å². The Morgan fingerprint density at radius 1 is 1.00 bits per heavy atom. The number of hydrogen-bond donors (Lipinski definition) is 2. The first kappa shape index (κ1) is 19.3. The molecule has 2 amide bonds. The molecule has 26 heavy (non-hydrogen) atoms. The number of amides is 2. The number of carbonyl (C=O) groups excluding carboxylic acids is 2. The van der Waals surface area contributed by atoms with Gasteiger partial charge in [0.15, 0.2) is 0 Å². The Hall–Kier alpha value is -3.06. The highest BCUT2D eigenvalue weighted by molar-refractivity contribution is 5.98.